The molecule has 2 heterocycles. The molecule has 3 heteroatoms. The number of nitrogens with two attached hydrogens (primary N) is 1. The predicted molar refractivity (Wildman–Crippen MR) is 52.6 cm³/mol. The lowest BCUT2D eigenvalue weighted by atomic mass is 10.0. The highest BCUT2D eigenvalue weighted by Crippen LogP contribution is 2.21. The van der Waals surface area contributed by atoms with Gasteiger partial charge in [-0.05, 0) is 26.3 Å². The molecule has 3 atom stereocenters. The Morgan fingerprint density at radius 2 is 2.31 bits per heavy atom. The zero-order valence-electron chi connectivity index (χ0n) is 8.41. The zero-order valence-corrected chi connectivity index (χ0v) is 8.41. The minimum Gasteiger partial charge on any atom is -0.379 e. The summed E-state index contributed by atoms with van der Waals surface area (Å²) in [7, 11) is 0. The number of ether oxygens (including phenoxy) is 1. The molecular formula is C10H20N2O. The predicted octanol–water partition coefficient (Wildman–Crippen LogP) is 0.444. The fraction of sp³-hybridized carbons (Fsp3) is 1.00. The Bertz CT molecular complexity index is 156. The van der Waals surface area contributed by atoms with E-state index < -0.39 is 0 Å². The molecule has 2 N–H and O–H groups in total. The molecule has 2 fully saturated rings. The van der Waals surface area contributed by atoms with Crippen LogP contribution in [-0.4, -0.2) is 43.3 Å². The summed E-state index contributed by atoms with van der Waals surface area (Å²) >= 11 is 0. The highest BCUT2D eigenvalue weighted by Gasteiger charge is 2.29. The van der Waals surface area contributed by atoms with Crippen LogP contribution >= 0.6 is 0 Å². The topological polar surface area (TPSA) is 38.5 Å². The third-order valence-corrected chi connectivity index (χ3v) is 3.41. The fourth-order valence-electron chi connectivity index (χ4n) is 2.37. The standard InChI is InChI=1S/C10H20N2O/c1-8-3-2-4-12(8)5-9-6-13-7-10(9)11/h8-10H,2-7,11H2,1H3. The van der Waals surface area contributed by atoms with Crippen molar-refractivity contribution in [3.05, 3.63) is 0 Å². The van der Waals surface area contributed by atoms with E-state index in [1.165, 1.54) is 19.4 Å². The summed E-state index contributed by atoms with van der Waals surface area (Å²) < 4.78 is 5.36. The van der Waals surface area contributed by atoms with Crippen molar-refractivity contribution < 1.29 is 4.74 Å². The normalized spacial score (nSPS) is 41.5. The van der Waals surface area contributed by atoms with E-state index in [9.17, 15) is 0 Å². The number of nitrogens with zero attached hydrogens (tertiary/aromatic N) is 1. The fourth-order valence-corrected chi connectivity index (χ4v) is 2.37. The van der Waals surface area contributed by atoms with Gasteiger partial charge in [-0.1, -0.05) is 0 Å². The molecule has 76 valence electrons. The molecule has 0 aromatic rings. The summed E-state index contributed by atoms with van der Waals surface area (Å²) in [4.78, 5) is 2.55. The lowest BCUT2D eigenvalue weighted by Gasteiger charge is -2.25. The van der Waals surface area contributed by atoms with Gasteiger partial charge >= 0.3 is 0 Å². The van der Waals surface area contributed by atoms with E-state index in [1.807, 2.05) is 0 Å². The second kappa shape index (κ2) is 3.95. The zero-order chi connectivity index (χ0) is 9.26. The lowest BCUT2D eigenvalue weighted by molar-refractivity contribution is 0.165. The molecule has 3 nitrogen and oxygen atoms in total. The highest BCUT2D eigenvalue weighted by molar-refractivity contribution is 4.84. The third kappa shape index (κ3) is 2.03. The lowest BCUT2D eigenvalue weighted by Crippen LogP contribution is -2.39. The largest absolute Gasteiger partial charge is 0.379 e. The maximum atomic E-state index is 5.95. The number of hydrogen-bond acceptors (Lipinski definition) is 3. The maximum Gasteiger partial charge on any atom is 0.0621 e. The Morgan fingerprint density at radius 3 is 2.85 bits per heavy atom. The molecule has 2 aliphatic rings. The van der Waals surface area contributed by atoms with Crippen LogP contribution in [-0.2, 0) is 4.74 Å². The Hall–Kier alpha value is -0.120. The monoisotopic (exact) mass is 184 g/mol. The van der Waals surface area contributed by atoms with E-state index in [-0.39, 0.29) is 6.04 Å². The SMILES string of the molecule is CC1CCCN1CC1COCC1N. The Kier molecular flexibility index (Phi) is 2.86. The van der Waals surface area contributed by atoms with Crippen molar-refractivity contribution in [2.45, 2.75) is 31.8 Å². The molecule has 0 saturated carbocycles. The minimum atomic E-state index is 0.271. The van der Waals surface area contributed by atoms with E-state index in [1.54, 1.807) is 0 Å². The van der Waals surface area contributed by atoms with Gasteiger partial charge in [-0.25, -0.2) is 0 Å². The number of rotatable bonds is 2. The summed E-state index contributed by atoms with van der Waals surface area (Å²) in [5.41, 5.74) is 5.95. The van der Waals surface area contributed by atoms with E-state index >= 15 is 0 Å². The summed E-state index contributed by atoms with van der Waals surface area (Å²) in [5.74, 6) is 0.570. The van der Waals surface area contributed by atoms with Gasteiger partial charge in [-0.3, -0.25) is 0 Å². The van der Waals surface area contributed by atoms with E-state index in [0.29, 0.717) is 5.92 Å². The van der Waals surface area contributed by atoms with Crippen molar-refractivity contribution in [3.8, 4) is 0 Å². The summed E-state index contributed by atoms with van der Waals surface area (Å²) in [6, 6.07) is 1.03. The molecule has 2 rings (SSSR count). The van der Waals surface area contributed by atoms with Crippen molar-refractivity contribution >= 4 is 0 Å². The molecule has 0 aromatic carbocycles. The highest BCUT2D eigenvalue weighted by atomic mass is 16.5. The molecule has 0 aromatic heterocycles. The average molecular weight is 184 g/mol. The van der Waals surface area contributed by atoms with E-state index in [4.69, 9.17) is 10.5 Å². The van der Waals surface area contributed by atoms with Gasteiger partial charge < -0.3 is 15.4 Å². The smallest absolute Gasteiger partial charge is 0.0621 e. The van der Waals surface area contributed by atoms with Crippen LogP contribution in [0.5, 0.6) is 0 Å². The molecule has 13 heavy (non-hydrogen) atoms. The van der Waals surface area contributed by atoms with Crippen molar-refractivity contribution in [2.24, 2.45) is 11.7 Å². The first-order chi connectivity index (χ1) is 6.27. The van der Waals surface area contributed by atoms with Gasteiger partial charge in [0.1, 0.15) is 0 Å². The van der Waals surface area contributed by atoms with E-state index in [2.05, 4.69) is 11.8 Å². The van der Waals surface area contributed by atoms with Gasteiger partial charge in [0.25, 0.3) is 0 Å². The van der Waals surface area contributed by atoms with Crippen LogP contribution in [0.25, 0.3) is 0 Å². The van der Waals surface area contributed by atoms with Crippen LogP contribution in [0.4, 0.5) is 0 Å². The van der Waals surface area contributed by atoms with Gasteiger partial charge in [0.15, 0.2) is 0 Å². The Labute approximate surface area is 80.2 Å². The van der Waals surface area contributed by atoms with Crippen molar-refractivity contribution in [3.63, 3.8) is 0 Å². The summed E-state index contributed by atoms with van der Waals surface area (Å²) in [6.45, 7) is 6.33. The van der Waals surface area contributed by atoms with Crippen molar-refractivity contribution in [1.29, 1.82) is 0 Å². The quantitative estimate of drug-likeness (QED) is 0.677. The molecule has 2 saturated heterocycles. The molecular weight excluding hydrogens is 164 g/mol. The second-order valence-electron chi connectivity index (χ2n) is 4.45. The van der Waals surface area contributed by atoms with Crippen LogP contribution in [0.2, 0.25) is 0 Å². The maximum absolute atomic E-state index is 5.95. The van der Waals surface area contributed by atoms with Gasteiger partial charge in [-0.2, -0.15) is 0 Å². The molecule has 0 amide bonds. The minimum absolute atomic E-state index is 0.271. The van der Waals surface area contributed by atoms with Crippen LogP contribution in [0.15, 0.2) is 0 Å². The molecule has 0 aliphatic carbocycles. The van der Waals surface area contributed by atoms with Crippen LogP contribution < -0.4 is 5.73 Å². The van der Waals surface area contributed by atoms with Gasteiger partial charge in [0.2, 0.25) is 0 Å². The molecule has 3 unspecified atom stereocenters. The third-order valence-electron chi connectivity index (χ3n) is 3.41. The van der Waals surface area contributed by atoms with Crippen LogP contribution in [0.1, 0.15) is 19.8 Å². The molecule has 0 spiro atoms. The van der Waals surface area contributed by atoms with Gasteiger partial charge in [0, 0.05) is 24.5 Å². The first-order valence-electron chi connectivity index (χ1n) is 5.35. The van der Waals surface area contributed by atoms with E-state index in [0.717, 1.165) is 25.8 Å². The number of hydrogen-bond donors (Lipinski definition) is 1. The molecule has 2 aliphatic heterocycles. The van der Waals surface area contributed by atoms with Crippen LogP contribution in [0.3, 0.4) is 0 Å². The average Bonchev–Trinajstić information content (AvgIpc) is 2.65. The van der Waals surface area contributed by atoms with Gasteiger partial charge in [0.05, 0.1) is 13.2 Å². The Morgan fingerprint density at radius 1 is 1.46 bits per heavy atom. The number of likely N-dealkylation sites (tertiary alicyclic amines) is 1. The van der Waals surface area contributed by atoms with Crippen LogP contribution in [0, 0.1) is 5.92 Å². The summed E-state index contributed by atoms with van der Waals surface area (Å²) in [6.07, 6.45) is 2.70. The first kappa shape index (κ1) is 9.44. The van der Waals surface area contributed by atoms with Crippen molar-refractivity contribution in [1.82, 2.24) is 4.90 Å². The molecule has 0 bridgehead atoms. The Balaban J connectivity index is 1.82. The molecule has 0 radical (unpaired) electrons. The second-order valence-corrected chi connectivity index (χ2v) is 4.45. The summed E-state index contributed by atoms with van der Waals surface area (Å²) in [5, 5.41) is 0. The van der Waals surface area contributed by atoms with Gasteiger partial charge in [-0.15, -0.1) is 0 Å². The van der Waals surface area contributed by atoms with Crippen molar-refractivity contribution in [2.75, 3.05) is 26.3 Å². The first-order valence-corrected chi connectivity index (χ1v) is 5.35.